The third-order valence-electron chi connectivity index (χ3n) is 5.36. The lowest BCUT2D eigenvalue weighted by molar-refractivity contribution is -0.142. The second kappa shape index (κ2) is 22.5. The first-order chi connectivity index (χ1) is 13.2. The van der Waals surface area contributed by atoms with E-state index in [0.717, 1.165) is 12.8 Å². The van der Waals surface area contributed by atoms with E-state index < -0.39 is 0 Å². The number of ether oxygens (including phenoxy) is 1. The highest BCUT2D eigenvalue weighted by molar-refractivity contribution is 14.1. The Kier molecular flexibility index (Phi) is 22.7. The number of alkyl halides is 1. The number of esters is 1. The van der Waals surface area contributed by atoms with Gasteiger partial charge in [0.05, 0.1) is 6.61 Å². The topological polar surface area (TPSA) is 26.3 Å². The Morgan fingerprint density at radius 2 is 0.963 bits per heavy atom. The van der Waals surface area contributed by atoms with Crippen molar-refractivity contribution < 1.29 is 9.53 Å². The summed E-state index contributed by atoms with van der Waals surface area (Å²) in [6, 6.07) is 0. The summed E-state index contributed by atoms with van der Waals surface area (Å²) in [5.74, 6) is -0.0370. The molecule has 1 unspecified atom stereocenters. The van der Waals surface area contributed by atoms with Gasteiger partial charge in [0, 0.05) is 0 Å². The average Bonchev–Trinajstić information content (AvgIpc) is 2.68. The third kappa shape index (κ3) is 20.7. The lowest BCUT2D eigenvalue weighted by Gasteiger charge is -2.08. The highest BCUT2D eigenvalue weighted by Gasteiger charge is 2.12. The van der Waals surface area contributed by atoms with Gasteiger partial charge in [-0.05, 0) is 12.8 Å². The summed E-state index contributed by atoms with van der Waals surface area (Å²) in [4.78, 5) is 11.5. The molecule has 0 N–H and O–H groups in total. The first-order valence-electron chi connectivity index (χ1n) is 12.0. The van der Waals surface area contributed by atoms with Gasteiger partial charge in [0.15, 0.2) is 0 Å². The molecule has 0 aromatic heterocycles. The van der Waals surface area contributed by atoms with E-state index in [4.69, 9.17) is 4.74 Å². The molecule has 0 saturated heterocycles. The zero-order valence-corrected chi connectivity index (χ0v) is 20.6. The van der Waals surface area contributed by atoms with Crippen molar-refractivity contribution in [2.24, 2.45) is 0 Å². The lowest BCUT2D eigenvalue weighted by Crippen LogP contribution is -2.16. The smallest absolute Gasteiger partial charge is 0.318 e. The summed E-state index contributed by atoms with van der Waals surface area (Å²) in [6.07, 6.45) is 25.7. The Hall–Kier alpha value is 0.200. The van der Waals surface area contributed by atoms with Crippen LogP contribution in [0.25, 0.3) is 0 Å². The molecule has 0 heterocycles. The van der Waals surface area contributed by atoms with Crippen LogP contribution in [0.4, 0.5) is 0 Å². The molecule has 0 saturated carbocycles. The van der Waals surface area contributed by atoms with Gasteiger partial charge in [-0.2, -0.15) is 0 Å². The molecule has 0 aromatic rings. The lowest BCUT2D eigenvalue weighted by atomic mass is 10.0. The van der Waals surface area contributed by atoms with E-state index in [-0.39, 0.29) is 9.89 Å². The van der Waals surface area contributed by atoms with Crippen molar-refractivity contribution in [2.45, 2.75) is 140 Å². The zero-order valence-electron chi connectivity index (χ0n) is 18.4. The van der Waals surface area contributed by atoms with Crippen molar-refractivity contribution >= 4 is 28.6 Å². The summed E-state index contributed by atoms with van der Waals surface area (Å²) in [5.41, 5.74) is 0. The summed E-state index contributed by atoms with van der Waals surface area (Å²) < 4.78 is 5.30. The summed E-state index contributed by atoms with van der Waals surface area (Å²) in [7, 11) is 0. The van der Waals surface area contributed by atoms with Crippen molar-refractivity contribution in [3.63, 3.8) is 0 Å². The average molecular weight is 495 g/mol. The Balaban J connectivity index is 3.08. The molecule has 162 valence electrons. The zero-order chi connectivity index (χ0) is 20.0. The van der Waals surface area contributed by atoms with Crippen molar-refractivity contribution in [3.05, 3.63) is 0 Å². The first kappa shape index (κ1) is 27.2. The van der Waals surface area contributed by atoms with E-state index in [9.17, 15) is 4.79 Å². The van der Waals surface area contributed by atoms with Gasteiger partial charge in [-0.25, -0.2) is 0 Å². The van der Waals surface area contributed by atoms with Crippen molar-refractivity contribution in [3.8, 4) is 0 Å². The SMILES string of the molecule is CCCCCCCCCCCCCCCCCCCCOC(=O)C(I)CC. The van der Waals surface area contributed by atoms with Crippen LogP contribution in [0.5, 0.6) is 0 Å². The third-order valence-corrected chi connectivity index (χ3v) is 6.75. The van der Waals surface area contributed by atoms with Crippen LogP contribution in [0.3, 0.4) is 0 Å². The summed E-state index contributed by atoms with van der Waals surface area (Å²) in [6.45, 7) is 4.92. The van der Waals surface area contributed by atoms with Gasteiger partial charge in [0.25, 0.3) is 0 Å². The normalized spacial score (nSPS) is 12.3. The van der Waals surface area contributed by atoms with Crippen molar-refractivity contribution in [1.29, 1.82) is 0 Å². The van der Waals surface area contributed by atoms with Crippen molar-refractivity contribution in [2.75, 3.05) is 6.61 Å². The Bertz CT molecular complexity index is 307. The number of halogens is 1. The second-order valence-electron chi connectivity index (χ2n) is 8.05. The van der Waals surface area contributed by atoms with Gasteiger partial charge in [0.1, 0.15) is 3.92 Å². The maximum Gasteiger partial charge on any atom is 0.318 e. The molecule has 0 fully saturated rings. The number of unbranched alkanes of at least 4 members (excludes halogenated alkanes) is 17. The fourth-order valence-corrected chi connectivity index (χ4v) is 3.61. The van der Waals surface area contributed by atoms with Gasteiger partial charge in [-0.1, -0.05) is 146 Å². The summed E-state index contributed by atoms with van der Waals surface area (Å²) >= 11 is 2.16. The van der Waals surface area contributed by atoms with Gasteiger partial charge in [-0.3, -0.25) is 4.79 Å². The van der Waals surface area contributed by atoms with E-state index in [2.05, 4.69) is 29.5 Å². The van der Waals surface area contributed by atoms with Gasteiger partial charge in [0.2, 0.25) is 0 Å². The molecular formula is C24H47IO2. The largest absolute Gasteiger partial charge is 0.465 e. The predicted octanol–water partition coefficient (Wildman–Crippen LogP) is 8.78. The molecule has 27 heavy (non-hydrogen) atoms. The number of hydrogen-bond acceptors (Lipinski definition) is 2. The molecule has 0 spiro atoms. The van der Waals surface area contributed by atoms with Crippen LogP contribution in [-0.4, -0.2) is 16.5 Å². The maximum atomic E-state index is 11.5. The van der Waals surface area contributed by atoms with Crippen LogP contribution in [0.15, 0.2) is 0 Å². The van der Waals surface area contributed by atoms with Gasteiger partial charge >= 0.3 is 5.97 Å². The molecule has 0 bridgehead atoms. The van der Waals surface area contributed by atoms with Crippen LogP contribution in [0, 0.1) is 0 Å². The predicted molar refractivity (Wildman–Crippen MR) is 128 cm³/mol. The van der Waals surface area contributed by atoms with Gasteiger partial charge in [-0.15, -0.1) is 0 Å². The monoisotopic (exact) mass is 494 g/mol. The highest BCUT2D eigenvalue weighted by atomic mass is 127. The van der Waals surface area contributed by atoms with Gasteiger partial charge < -0.3 is 4.74 Å². The van der Waals surface area contributed by atoms with E-state index >= 15 is 0 Å². The van der Waals surface area contributed by atoms with Crippen LogP contribution in [0.2, 0.25) is 0 Å². The molecule has 0 aliphatic rings. The molecular weight excluding hydrogens is 447 g/mol. The molecule has 2 nitrogen and oxygen atoms in total. The molecule has 0 amide bonds. The summed E-state index contributed by atoms with van der Waals surface area (Å²) in [5, 5.41) is 0. The Morgan fingerprint density at radius 1 is 0.630 bits per heavy atom. The molecule has 1 atom stereocenters. The Labute approximate surface area is 184 Å². The van der Waals surface area contributed by atoms with Crippen LogP contribution in [0.1, 0.15) is 136 Å². The number of hydrogen-bond donors (Lipinski definition) is 0. The van der Waals surface area contributed by atoms with E-state index in [0.29, 0.717) is 6.61 Å². The minimum Gasteiger partial charge on any atom is -0.465 e. The Morgan fingerprint density at radius 3 is 1.30 bits per heavy atom. The number of carbonyl (C=O) groups excluding carboxylic acids is 1. The van der Waals surface area contributed by atoms with Crippen LogP contribution < -0.4 is 0 Å². The maximum absolute atomic E-state index is 11.5. The second-order valence-corrected chi connectivity index (χ2v) is 9.56. The minimum absolute atomic E-state index is 0.0261. The molecule has 3 heteroatoms. The fourth-order valence-electron chi connectivity index (χ4n) is 3.43. The standard InChI is InChI=1S/C24H47IO2/c1-3-5-6-7-8-9-10-11-12-13-14-15-16-17-18-19-20-21-22-27-24(26)23(25)4-2/h23H,3-22H2,1-2H3. The van der Waals surface area contributed by atoms with Crippen LogP contribution >= 0.6 is 22.6 Å². The molecule has 0 radical (unpaired) electrons. The van der Waals surface area contributed by atoms with Crippen molar-refractivity contribution in [1.82, 2.24) is 0 Å². The highest BCUT2D eigenvalue weighted by Crippen LogP contribution is 2.14. The molecule has 0 rings (SSSR count). The fraction of sp³-hybridized carbons (Fsp3) is 0.958. The number of carbonyl (C=O) groups is 1. The van der Waals surface area contributed by atoms with Crippen LogP contribution in [-0.2, 0) is 9.53 Å². The molecule has 0 aromatic carbocycles. The van der Waals surface area contributed by atoms with E-state index in [1.54, 1.807) is 0 Å². The molecule has 0 aliphatic carbocycles. The van der Waals surface area contributed by atoms with E-state index in [1.807, 2.05) is 6.92 Å². The first-order valence-corrected chi connectivity index (χ1v) is 13.3. The molecule has 0 aliphatic heterocycles. The quantitative estimate of drug-likeness (QED) is 0.0690. The van der Waals surface area contributed by atoms with E-state index in [1.165, 1.54) is 109 Å². The number of rotatable bonds is 21. The minimum atomic E-state index is -0.0370.